The number of carbonyl (C=O) groups excluding carboxylic acids is 2. The molecule has 2 heterocycles. The topological polar surface area (TPSA) is 84.4 Å². The summed E-state index contributed by atoms with van der Waals surface area (Å²) in [7, 11) is 0. The van der Waals surface area contributed by atoms with Crippen LogP contribution in [0.25, 0.3) is 0 Å². The van der Waals surface area contributed by atoms with Crippen LogP contribution in [0.2, 0.25) is 5.28 Å². The van der Waals surface area contributed by atoms with Gasteiger partial charge >= 0.3 is 6.09 Å². The van der Waals surface area contributed by atoms with E-state index in [1.165, 1.54) is 13.1 Å². The van der Waals surface area contributed by atoms with E-state index in [4.69, 9.17) is 16.3 Å². The first kappa shape index (κ1) is 13.3. The summed E-state index contributed by atoms with van der Waals surface area (Å²) in [5.41, 5.74) is 0.297. The van der Waals surface area contributed by atoms with Crippen LogP contribution < -0.4 is 10.2 Å². The maximum Gasteiger partial charge on any atom is 0.421 e. The average Bonchev–Trinajstić information content (AvgIpc) is 2.30. The second-order valence-electron chi connectivity index (χ2n) is 3.98. The highest BCUT2D eigenvalue weighted by atomic mass is 35.5. The van der Waals surface area contributed by atoms with Crippen molar-refractivity contribution in [2.75, 3.05) is 10.2 Å². The van der Waals surface area contributed by atoms with Gasteiger partial charge in [0.05, 0.1) is 12.0 Å². The number of carbonyl (C=O) groups is 2. The fourth-order valence-electron chi connectivity index (χ4n) is 1.60. The molecule has 8 heteroatoms. The van der Waals surface area contributed by atoms with Gasteiger partial charge in [0.15, 0.2) is 5.82 Å². The third-order valence-electron chi connectivity index (χ3n) is 2.45. The molecule has 0 aromatic carbocycles. The number of allylic oxidation sites excluding steroid dienone is 1. The maximum atomic E-state index is 12.0. The molecular weight excluding hydrogens is 272 g/mol. The van der Waals surface area contributed by atoms with E-state index in [1.54, 1.807) is 6.92 Å². The maximum absolute atomic E-state index is 12.0. The fraction of sp³-hybridized carbons (Fsp3) is 0.273. The molecule has 1 aromatic heterocycles. The summed E-state index contributed by atoms with van der Waals surface area (Å²) < 4.78 is 4.91. The Morgan fingerprint density at radius 1 is 1.63 bits per heavy atom. The molecule has 0 bridgehead atoms. The van der Waals surface area contributed by atoms with Gasteiger partial charge in [0.25, 0.3) is 0 Å². The van der Waals surface area contributed by atoms with E-state index in [9.17, 15) is 9.59 Å². The average molecular weight is 283 g/mol. The number of halogens is 1. The number of hydrogen-bond donors (Lipinski definition) is 1. The van der Waals surface area contributed by atoms with Gasteiger partial charge in [-0.15, -0.1) is 0 Å². The minimum Gasteiger partial charge on any atom is -0.415 e. The quantitative estimate of drug-likeness (QED) is 0.628. The molecule has 1 unspecified atom stereocenters. The molecule has 1 N–H and O–H groups in total. The largest absolute Gasteiger partial charge is 0.421 e. The fourth-order valence-corrected chi connectivity index (χ4v) is 1.73. The van der Waals surface area contributed by atoms with Crippen molar-refractivity contribution in [3.8, 4) is 0 Å². The van der Waals surface area contributed by atoms with Crippen LogP contribution in [0.5, 0.6) is 0 Å². The van der Waals surface area contributed by atoms with E-state index in [-0.39, 0.29) is 22.8 Å². The van der Waals surface area contributed by atoms with E-state index < -0.39 is 12.1 Å². The lowest BCUT2D eigenvalue weighted by Crippen LogP contribution is -2.50. The smallest absolute Gasteiger partial charge is 0.415 e. The van der Waals surface area contributed by atoms with Crippen LogP contribution in [0.4, 0.5) is 16.3 Å². The molecule has 1 aliphatic heterocycles. The molecule has 2 rings (SSSR count). The molecule has 1 aliphatic rings. The van der Waals surface area contributed by atoms with Crippen molar-refractivity contribution in [2.45, 2.75) is 19.9 Å². The Labute approximate surface area is 114 Å². The van der Waals surface area contributed by atoms with Crippen molar-refractivity contribution < 1.29 is 14.3 Å². The summed E-state index contributed by atoms with van der Waals surface area (Å²) >= 11 is 5.71. The first-order valence-corrected chi connectivity index (χ1v) is 5.78. The van der Waals surface area contributed by atoms with Gasteiger partial charge in [-0.2, -0.15) is 4.98 Å². The Balaban J connectivity index is 2.46. The monoisotopic (exact) mass is 282 g/mol. The van der Waals surface area contributed by atoms with E-state index in [1.807, 2.05) is 0 Å². The number of nitrogens with zero attached hydrogens (tertiary/aromatic N) is 3. The Morgan fingerprint density at radius 3 is 2.95 bits per heavy atom. The summed E-state index contributed by atoms with van der Waals surface area (Å²) in [5, 5.41) is 2.55. The molecule has 0 spiro atoms. The van der Waals surface area contributed by atoms with Crippen molar-refractivity contribution in [3.05, 3.63) is 23.8 Å². The summed E-state index contributed by atoms with van der Waals surface area (Å²) in [6, 6.07) is -0.773. The number of aromatic nitrogens is 2. The number of hydrogen-bond acceptors (Lipinski definition) is 5. The van der Waals surface area contributed by atoms with Crippen molar-refractivity contribution in [2.24, 2.45) is 0 Å². The molecule has 0 saturated carbocycles. The number of fused-ring (bicyclic) bond motifs is 1. The van der Waals surface area contributed by atoms with Crippen LogP contribution in [0.1, 0.15) is 13.8 Å². The van der Waals surface area contributed by atoms with Gasteiger partial charge in [-0.1, -0.05) is 6.58 Å². The zero-order valence-corrected chi connectivity index (χ0v) is 11.1. The Bertz CT molecular complexity index is 575. The van der Waals surface area contributed by atoms with Gasteiger partial charge in [-0.05, 0) is 25.4 Å². The third kappa shape index (κ3) is 2.50. The van der Waals surface area contributed by atoms with E-state index in [2.05, 4.69) is 21.9 Å². The van der Waals surface area contributed by atoms with Crippen LogP contribution in [-0.2, 0) is 9.53 Å². The molecule has 19 heavy (non-hydrogen) atoms. The number of amides is 2. The van der Waals surface area contributed by atoms with Crippen LogP contribution in [0, 0.1) is 0 Å². The van der Waals surface area contributed by atoms with Crippen molar-refractivity contribution in [1.82, 2.24) is 9.97 Å². The zero-order valence-electron chi connectivity index (χ0n) is 10.3. The van der Waals surface area contributed by atoms with Gasteiger partial charge in [0.2, 0.25) is 11.2 Å². The third-order valence-corrected chi connectivity index (χ3v) is 2.63. The molecule has 0 saturated heterocycles. The minimum absolute atomic E-state index is 0.0322. The van der Waals surface area contributed by atoms with Crippen LogP contribution in [-0.4, -0.2) is 28.0 Å². The first-order chi connectivity index (χ1) is 8.90. The molecule has 100 valence electrons. The molecule has 7 nitrogen and oxygen atoms in total. The molecule has 0 radical (unpaired) electrons. The van der Waals surface area contributed by atoms with Gasteiger partial charge in [-0.3, -0.25) is 4.79 Å². The summed E-state index contributed by atoms with van der Waals surface area (Å²) in [6.45, 7) is 6.56. The summed E-state index contributed by atoms with van der Waals surface area (Å²) in [4.78, 5) is 32.6. The normalized spacial score (nSPS) is 17.5. The molecule has 0 aliphatic carbocycles. The second kappa shape index (κ2) is 4.85. The van der Waals surface area contributed by atoms with Crippen LogP contribution in [0.3, 0.4) is 0 Å². The Morgan fingerprint density at radius 2 is 2.32 bits per heavy atom. The predicted octanol–water partition coefficient (Wildman–Crippen LogP) is 1.95. The Kier molecular flexibility index (Phi) is 3.39. The highest BCUT2D eigenvalue weighted by Gasteiger charge is 2.36. The van der Waals surface area contributed by atoms with Crippen LogP contribution in [0.15, 0.2) is 18.5 Å². The van der Waals surface area contributed by atoms with Gasteiger partial charge in [0, 0.05) is 0 Å². The molecular formula is C11H11ClN4O3. The molecule has 1 atom stereocenters. The molecule has 2 amide bonds. The number of ether oxygens (including phenoxy) is 1. The zero-order chi connectivity index (χ0) is 14.2. The van der Waals surface area contributed by atoms with E-state index in [0.717, 1.165) is 4.90 Å². The summed E-state index contributed by atoms with van der Waals surface area (Å²) in [5.74, 6) is 0.0420. The van der Waals surface area contributed by atoms with Gasteiger partial charge < -0.3 is 10.1 Å². The number of anilines is 2. The lowest BCUT2D eigenvalue weighted by atomic mass is 10.2. The van der Waals surface area contributed by atoms with E-state index >= 15 is 0 Å². The van der Waals surface area contributed by atoms with Crippen molar-refractivity contribution in [1.29, 1.82) is 0 Å². The summed E-state index contributed by atoms with van der Waals surface area (Å²) in [6.07, 6.45) is 0.584. The van der Waals surface area contributed by atoms with Crippen molar-refractivity contribution >= 4 is 35.1 Å². The minimum atomic E-state index is -0.773. The SMILES string of the molecule is C=C(C)OC(=O)N1c2nc(Cl)ncc2NC(=O)C1C. The standard InChI is InChI=1S/C11H11ClN4O3/c1-5(2)19-11(18)16-6(3)9(17)14-7-4-13-10(12)15-8(7)16/h4,6H,1H2,2-3H3,(H,14,17). The van der Waals surface area contributed by atoms with E-state index in [0.29, 0.717) is 5.69 Å². The molecule has 1 aromatic rings. The number of rotatable bonds is 1. The highest BCUT2D eigenvalue weighted by Crippen LogP contribution is 2.31. The molecule has 0 fully saturated rings. The lowest BCUT2D eigenvalue weighted by Gasteiger charge is -2.32. The highest BCUT2D eigenvalue weighted by molar-refractivity contribution is 6.28. The second-order valence-corrected chi connectivity index (χ2v) is 4.32. The Hall–Kier alpha value is -2.15. The lowest BCUT2D eigenvalue weighted by molar-refractivity contribution is -0.117. The first-order valence-electron chi connectivity index (χ1n) is 5.40. The predicted molar refractivity (Wildman–Crippen MR) is 68.9 cm³/mol. The van der Waals surface area contributed by atoms with Crippen LogP contribution >= 0.6 is 11.6 Å². The van der Waals surface area contributed by atoms with Crippen molar-refractivity contribution in [3.63, 3.8) is 0 Å². The van der Waals surface area contributed by atoms with Gasteiger partial charge in [-0.25, -0.2) is 14.7 Å². The van der Waals surface area contributed by atoms with Gasteiger partial charge in [0.1, 0.15) is 11.7 Å². The number of nitrogens with one attached hydrogen (secondary N) is 1.